The maximum absolute atomic E-state index is 11.7. The lowest BCUT2D eigenvalue weighted by Gasteiger charge is -2.11. The van der Waals surface area contributed by atoms with Gasteiger partial charge >= 0.3 is 0 Å². The van der Waals surface area contributed by atoms with Crippen molar-refractivity contribution in [1.82, 2.24) is 10.2 Å². The first kappa shape index (κ1) is 17.9. The van der Waals surface area contributed by atoms with Crippen LogP contribution in [0, 0.1) is 12.3 Å². The van der Waals surface area contributed by atoms with Gasteiger partial charge in [-0.25, -0.2) is 5.10 Å². The number of rotatable bonds is 6. The summed E-state index contributed by atoms with van der Waals surface area (Å²) in [5.74, 6) is 1.39. The molecule has 2 rings (SSSR count). The monoisotopic (exact) mass is 336 g/mol. The Morgan fingerprint density at radius 3 is 2.64 bits per heavy atom. The van der Waals surface area contributed by atoms with Crippen LogP contribution < -0.4 is 16.0 Å². The second kappa shape index (κ2) is 7.92. The van der Waals surface area contributed by atoms with E-state index in [2.05, 4.69) is 16.8 Å². The fourth-order valence-electron chi connectivity index (χ4n) is 2.25. The Kier molecular flexibility index (Phi) is 5.68. The molecule has 0 aliphatic heterocycles. The number of ether oxygens (including phenoxy) is 1. The van der Waals surface area contributed by atoms with Crippen LogP contribution >= 0.6 is 0 Å². The van der Waals surface area contributed by atoms with E-state index in [9.17, 15) is 4.79 Å². The molecule has 0 amide bonds. The van der Waals surface area contributed by atoms with Crippen molar-refractivity contribution >= 4 is 11.5 Å². The Labute approximate surface area is 145 Å². The second-order valence-corrected chi connectivity index (χ2v) is 5.24. The number of aromatic nitrogens is 2. The number of nitrogens with two attached hydrogens (primary N) is 1. The molecule has 128 valence electrons. The Morgan fingerprint density at radius 2 is 2.04 bits per heavy atom. The molecule has 0 saturated heterocycles. The summed E-state index contributed by atoms with van der Waals surface area (Å²) in [5.41, 5.74) is 6.89. The topological polar surface area (TPSA) is 105 Å². The number of aromatic amines is 1. The Morgan fingerprint density at radius 1 is 1.36 bits per heavy atom. The summed E-state index contributed by atoms with van der Waals surface area (Å²) in [6.45, 7) is 7.16. The number of allylic oxidation sites excluding steroid dienone is 4. The van der Waals surface area contributed by atoms with E-state index in [1.165, 1.54) is 0 Å². The molecule has 0 radical (unpaired) electrons. The number of H-pyrrole nitrogens is 1. The SMILES string of the molecule is C=C/C=C(\C=C/C)Oc1ccc(C(=N)c2c(N)n[nH]c(=O)c2C)cc1. The first-order valence-corrected chi connectivity index (χ1v) is 7.65. The molecule has 1 aromatic carbocycles. The smallest absolute Gasteiger partial charge is 0.267 e. The zero-order valence-corrected chi connectivity index (χ0v) is 14.2. The summed E-state index contributed by atoms with van der Waals surface area (Å²) >= 11 is 0. The Bertz CT molecular complexity index is 906. The quantitative estimate of drug-likeness (QED) is 0.428. The summed E-state index contributed by atoms with van der Waals surface area (Å²) in [7, 11) is 0. The zero-order valence-electron chi connectivity index (χ0n) is 14.2. The number of hydrogen-bond donors (Lipinski definition) is 3. The summed E-state index contributed by atoms with van der Waals surface area (Å²) in [6, 6.07) is 6.96. The predicted octanol–water partition coefficient (Wildman–Crippen LogP) is 3.10. The standard InChI is InChI=1S/C19H20N4O2/c1-4-6-14(7-5-2)25-15-10-8-13(9-11-15)17(20)16-12(3)19(24)23-22-18(16)21/h4-11,20H,1H2,2-3H3,(H2,21,22)(H,23,24)/b7-5-,14-6+,20-17?. The van der Waals surface area contributed by atoms with Crippen LogP contribution in [0.2, 0.25) is 0 Å². The van der Waals surface area contributed by atoms with Gasteiger partial charge in [0.25, 0.3) is 5.56 Å². The van der Waals surface area contributed by atoms with E-state index in [4.69, 9.17) is 15.9 Å². The molecule has 0 unspecified atom stereocenters. The third-order valence-electron chi connectivity index (χ3n) is 3.49. The van der Waals surface area contributed by atoms with E-state index >= 15 is 0 Å². The van der Waals surface area contributed by atoms with Gasteiger partial charge in [0.05, 0.1) is 11.3 Å². The lowest BCUT2D eigenvalue weighted by molar-refractivity contribution is 0.444. The third-order valence-corrected chi connectivity index (χ3v) is 3.49. The molecule has 0 fully saturated rings. The highest BCUT2D eigenvalue weighted by Gasteiger charge is 2.15. The molecule has 6 heteroatoms. The van der Waals surface area contributed by atoms with Crippen LogP contribution in [-0.2, 0) is 0 Å². The van der Waals surface area contributed by atoms with Gasteiger partial charge in [0.15, 0.2) is 5.82 Å². The van der Waals surface area contributed by atoms with Crippen LogP contribution in [0.15, 0.2) is 65.7 Å². The van der Waals surface area contributed by atoms with E-state index in [1.807, 2.05) is 19.1 Å². The minimum atomic E-state index is -0.362. The summed E-state index contributed by atoms with van der Waals surface area (Å²) in [6.07, 6.45) is 7.08. The predicted molar refractivity (Wildman–Crippen MR) is 100 cm³/mol. The first-order chi connectivity index (χ1) is 12.0. The molecule has 0 atom stereocenters. The van der Waals surface area contributed by atoms with E-state index in [0.29, 0.717) is 28.2 Å². The highest BCUT2D eigenvalue weighted by molar-refractivity contribution is 6.14. The average Bonchev–Trinajstić information content (AvgIpc) is 2.59. The molecule has 1 heterocycles. The first-order valence-electron chi connectivity index (χ1n) is 7.65. The van der Waals surface area contributed by atoms with E-state index in [-0.39, 0.29) is 17.1 Å². The number of nitrogen functional groups attached to an aromatic ring is 1. The number of anilines is 1. The minimum Gasteiger partial charge on any atom is -0.457 e. The summed E-state index contributed by atoms with van der Waals surface area (Å²) < 4.78 is 5.74. The van der Waals surface area contributed by atoms with Gasteiger partial charge in [-0.3, -0.25) is 10.2 Å². The van der Waals surface area contributed by atoms with Gasteiger partial charge in [0.2, 0.25) is 0 Å². The van der Waals surface area contributed by atoms with Crippen LogP contribution in [0.1, 0.15) is 23.6 Å². The summed E-state index contributed by atoms with van der Waals surface area (Å²) in [4.78, 5) is 11.7. The number of benzene rings is 1. The van der Waals surface area contributed by atoms with Crippen molar-refractivity contribution in [3.63, 3.8) is 0 Å². The van der Waals surface area contributed by atoms with Crippen LogP contribution in [-0.4, -0.2) is 15.9 Å². The van der Waals surface area contributed by atoms with Crippen LogP contribution in [0.3, 0.4) is 0 Å². The van der Waals surface area contributed by atoms with Gasteiger partial charge in [-0.1, -0.05) is 18.7 Å². The molecule has 25 heavy (non-hydrogen) atoms. The van der Waals surface area contributed by atoms with Crippen LogP contribution in [0.4, 0.5) is 5.82 Å². The number of nitrogens with zero attached hydrogens (tertiary/aromatic N) is 1. The van der Waals surface area contributed by atoms with E-state index in [1.54, 1.807) is 43.3 Å². The molecule has 2 aromatic rings. The average molecular weight is 336 g/mol. The summed E-state index contributed by atoms with van der Waals surface area (Å²) in [5, 5.41) is 14.4. The van der Waals surface area contributed by atoms with Crippen molar-refractivity contribution in [3.8, 4) is 5.75 Å². The molecule has 0 saturated carbocycles. The maximum Gasteiger partial charge on any atom is 0.267 e. The molecule has 4 N–H and O–H groups in total. The molecule has 0 spiro atoms. The normalized spacial score (nSPS) is 11.5. The molecular formula is C19H20N4O2. The van der Waals surface area contributed by atoms with Crippen LogP contribution in [0.5, 0.6) is 5.75 Å². The lowest BCUT2D eigenvalue weighted by Crippen LogP contribution is -2.20. The fraction of sp³-hybridized carbons (Fsp3) is 0.105. The van der Waals surface area contributed by atoms with Crippen molar-refractivity contribution in [2.45, 2.75) is 13.8 Å². The molecule has 0 bridgehead atoms. The highest BCUT2D eigenvalue weighted by Crippen LogP contribution is 2.20. The Balaban J connectivity index is 2.30. The molecule has 6 nitrogen and oxygen atoms in total. The van der Waals surface area contributed by atoms with Crippen molar-refractivity contribution in [2.24, 2.45) is 0 Å². The zero-order chi connectivity index (χ0) is 18.4. The Hall–Kier alpha value is -3.41. The van der Waals surface area contributed by atoms with Crippen molar-refractivity contribution in [1.29, 1.82) is 5.41 Å². The van der Waals surface area contributed by atoms with Gasteiger partial charge in [0.1, 0.15) is 11.5 Å². The second-order valence-electron chi connectivity index (χ2n) is 5.24. The van der Waals surface area contributed by atoms with E-state index < -0.39 is 0 Å². The molecule has 0 aliphatic carbocycles. The van der Waals surface area contributed by atoms with Crippen molar-refractivity contribution in [2.75, 3.05) is 5.73 Å². The van der Waals surface area contributed by atoms with Gasteiger partial charge < -0.3 is 10.5 Å². The molecular weight excluding hydrogens is 316 g/mol. The van der Waals surface area contributed by atoms with Crippen LogP contribution in [0.25, 0.3) is 0 Å². The third kappa shape index (κ3) is 4.11. The highest BCUT2D eigenvalue weighted by atomic mass is 16.5. The van der Waals surface area contributed by atoms with Gasteiger partial charge in [-0.2, -0.15) is 5.10 Å². The molecule has 0 aliphatic rings. The van der Waals surface area contributed by atoms with E-state index in [0.717, 1.165) is 0 Å². The number of hydrogen-bond acceptors (Lipinski definition) is 5. The van der Waals surface area contributed by atoms with Crippen molar-refractivity contribution < 1.29 is 4.74 Å². The van der Waals surface area contributed by atoms with Gasteiger partial charge in [0, 0.05) is 11.1 Å². The van der Waals surface area contributed by atoms with Gasteiger partial charge in [-0.05, 0) is 50.3 Å². The molecule has 1 aromatic heterocycles. The lowest BCUT2D eigenvalue weighted by atomic mass is 10.00. The van der Waals surface area contributed by atoms with Gasteiger partial charge in [-0.15, -0.1) is 0 Å². The maximum atomic E-state index is 11.7. The minimum absolute atomic E-state index is 0.117. The fourth-order valence-corrected chi connectivity index (χ4v) is 2.25. The number of nitrogens with one attached hydrogen (secondary N) is 2. The largest absolute Gasteiger partial charge is 0.457 e. The van der Waals surface area contributed by atoms with Crippen molar-refractivity contribution in [3.05, 3.63) is 88.0 Å².